The largest absolute Gasteiger partial charge is 0.417 e. The van der Waals surface area contributed by atoms with E-state index in [0.717, 1.165) is 18.2 Å². The number of anilines is 1. The van der Waals surface area contributed by atoms with Gasteiger partial charge in [0.25, 0.3) is 5.91 Å². The van der Waals surface area contributed by atoms with E-state index < -0.39 is 33.0 Å². The minimum Gasteiger partial charge on any atom is -0.296 e. The van der Waals surface area contributed by atoms with Gasteiger partial charge in [0.1, 0.15) is 0 Å². The number of aromatic nitrogens is 2. The number of hydrogen-bond donors (Lipinski definition) is 1. The van der Waals surface area contributed by atoms with Gasteiger partial charge in [0.05, 0.1) is 22.9 Å². The Bertz CT molecular complexity index is 949. The van der Waals surface area contributed by atoms with Crippen LogP contribution >= 0.6 is 11.3 Å². The van der Waals surface area contributed by atoms with E-state index in [9.17, 15) is 26.4 Å². The summed E-state index contributed by atoms with van der Waals surface area (Å²) in [6.45, 7) is 0. The molecule has 138 valence electrons. The summed E-state index contributed by atoms with van der Waals surface area (Å²) in [5.74, 6) is -1.40. The van der Waals surface area contributed by atoms with Gasteiger partial charge in [0, 0.05) is 6.42 Å². The maximum absolute atomic E-state index is 12.9. The Hall–Kier alpha value is -2.52. The molecule has 2 rings (SSSR count). The van der Waals surface area contributed by atoms with Crippen molar-refractivity contribution < 1.29 is 26.4 Å². The molecule has 12 heteroatoms. The van der Waals surface area contributed by atoms with E-state index in [1.165, 1.54) is 6.07 Å². The number of benzene rings is 1. The van der Waals surface area contributed by atoms with Crippen LogP contribution < -0.4 is 5.32 Å². The second-order valence-electron chi connectivity index (χ2n) is 4.95. The van der Waals surface area contributed by atoms with Gasteiger partial charge >= 0.3 is 6.18 Å². The van der Waals surface area contributed by atoms with Gasteiger partial charge in [-0.05, 0) is 18.6 Å². The fourth-order valence-corrected chi connectivity index (χ4v) is 4.24. The van der Waals surface area contributed by atoms with E-state index in [4.69, 9.17) is 5.26 Å². The van der Waals surface area contributed by atoms with E-state index in [1.54, 1.807) is 0 Å². The fourth-order valence-electron chi connectivity index (χ4n) is 1.91. The highest BCUT2D eigenvalue weighted by atomic mass is 32.2. The van der Waals surface area contributed by atoms with Crippen molar-refractivity contribution in [3.8, 4) is 6.07 Å². The normalized spacial score (nSPS) is 11.8. The summed E-state index contributed by atoms with van der Waals surface area (Å²) in [6, 6.07) is 6.00. The van der Waals surface area contributed by atoms with Crippen LogP contribution in [0, 0.1) is 11.3 Å². The van der Waals surface area contributed by atoms with Gasteiger partial charge < -0.3 is 0 Å². The van der Waals surface area contributed by atoms with E-state index >= 15 is 0 Å². The molecular weight excluding hydrogens is 393 g/mol. The summed E-state index contributed by atoms with van der Waals surface area (Å²) in [4.78, 5) is 12.1. The van der Waals surface area contributed by atoms with Crippen molar-refractivity contribution in [3.63, 3.8) is 0 Å². The van der Waals surface area contributed by atoms with Crippen LogP contribution in [0.4, 0.5) is 18.3 Å². The first-order valence-corrected chi connectivity index (χ1v) is 9.53. The first-order chi connectivity index (χ1) is 12.1. The van der Waals surface area contributed by atoms with Crippen LogP contribution in [0.3, 0.4) is 0 Å². The monoisotopic (exact) mass is 404 g/mol. The number of amides is 1. The lowest BCUT2D eigenvalue weighted by atomic mass is 10.1. The Morgan fingerprint density at radius 2 is 1.96 bits per heavy atom. The predicted octanol–water partition coefficient (Wildman–Crippen LogP) is 2.89. The van der Waals surface area contributed by atoms with E-state index in [1.807, 2.05) is 6.07 Å². The van der Waals surface area contributed by atoms with Crippen molar-refractivity contribution in [3.05, 3.63) is 35.4 Å². The standard InChI is InChI=1S/C14H11F3N4O3S2/c15-14(16,17)10-6-2-1-5-9(10)11(22)19-12-20-21-13(25-12)26(23,24)8-4-3-7-18/h1-2,5-6H,3-4,8H2,(H,19,20,22). The molecule has 1 aromatic carbocycles. The lowest BCUT2D eigenvalue weighted by Gasteiger charge is -2.11. The number of nitriles is 1. The topological polar surface area (TPSA) is 113 Å². The molecule has 1 heterocycles. The van der Waals surface area contributed by atoms with Crippen LogP contribution in [0.5, 0.6) is 0 Å². The summed E-state index contributed by atoms with van der Waals surface area (Å²) < 4.78 is 62.5. The van der Waals surface area contributed by atoms with Crippen molar-refractivity contribution in [1.82, 2.24) is 10.2 Å². The molecule has 1 aromatic heterocycles. The number of sulfone groups is 1. The molecule has 0 aliphatic carbocycles. The van der Waals surface area contributed by atoms with E-state index in [0.29, 0.717) is 11.3 Å². The third kappa shape index (κ3) is 4.77. The van der Waals surface area contributed by atoms with Gasteiger partial charge in [-0.3, -0.25) is 10.1 Å². The van der Waals surface area contributed by atoms with Crippen molar-refractivity contribution in [2.75, 3.05) is 11.1 Å². The highest BCUT2D eigenvalue weighted by Gasteiger charge is 2.35. The number of rotatable bonds is 6. The van der Waals surface area contributed by atoms with E-state index in [-0.39, 0.29) is 28.1 Å². The molecule has 0 fully saturated rings. The highest BCUT2D eigenvalue weighted by molar-refractivity contribution is 7.93. The Kier molecular flexibility index (Phi) is 5.94. The number of nitrogens with one attached hydrogen (secondary N) is 1. The molecule has 0 saturated heterocycles. The first kappa shape index (κ1) is 19.8. The number of carbonyl (C=O) groups excluding carboxylic acids is 1. The average molecular weight is 404 g/mol. The molecular formula is C14H11F3N4O3S2. The Morgan fingerprint density at radius 3 is 2.62 bits per heavy atom. The van der Waals surface area contributed by atoms with E-state index in [2.05, 4.69) is 15.5 Å². The maximum Gasteiger partial charge on any atom is 0.417 e. The van der Waals surface area contributed by atoms with Gasteiger partial charge in [-0.1, -0.05) is 23.5 Å². The second kappa shape index (κ2) is 7.79. The second-order valence-corrected chi connectivity index (χ2v) is 8.21. The summed E-state index contributed by atoms with van der Waals surface area (Å²) in [7, 11) is -3.78. The summed E-state index contributed by atoms with van der Waals surface area (Å²) in [5, 5.41) is 17.2. The number of alkyl halides is 3. The maximum atomic E-state index is 12.9. The highest BCUT2D eigenvalue weighted by Crippen LogP contribution is 2.32. The number of halogens is 3. The zero-order chi connectivity index (χ0) is 19.4. The molecule has 1 N–H and O–H groups in total. The molecule has 0 atom stereocenters. The third-order valence-electron chi connectivity index (χ3n) is 3.07. The van der Waals surface area contributed by atoms with Crippen molar-refractivity contribution >= 4 is 32.2 Å². The molecule has 0 aliphatic rings. The molecule has 0 saturated carbocycles. The lowest BCUT2D eigenvalue weighted by Crippen LogP contribution is -2.18. The van der Waals surface area contributed by atoms with Crippen molar-refractivity contribution in [2.45, 2.75) is 23.4 Å². The molecule has 0 spiro atoms. The van der Waals surface area contributed by atoms with Crippen molar-refractivity contribution in [2.24, 2.45) is 0 Å². The minimum absolute atomic E-state index is 0.0514. The van der Waals surface area contributed by atoms with Crippen molar-refractivity contribution in [1.29, 1.82) is 5.26 Å². The molecule has 2 aromatic rings. The quantitative estimate of drug-likeness (QED) is 0.585. The third-order valence-corrected chi connectivity index (χ3v) is 6.16. The molecule has 0 radical (unpaired) electrons. The molecule has 1 amide bonds. The SMILES string of the molecule is N#CCCCS(=O)(=O)c1nnc(NC(=O)c2ccccc2C(F)(F)F)s1. The molecule has 7 nitrogen and oxygen atoms in total. The molecule has 0 bridgehead atoms. The smallest absolute Gasteiger partial charge is 0.296 e. The van der Waals surface area contributed by atoms with Crippen LogP contribution in [-0.2, 0) is 16.0 Å². The molecule has 26 heavy (non-hydrogen) atoms. The Balaban J connectivity index is 2.18. The molecule has 0 unspecified atom stereocenters. The lowest BCUT2D eigenvalue weighted by molar-refractivity contribution is -0.137. The zero-order valence-corrected chi connectivity index (χ0v) is 14.6. The van der Waals surface area contributed by atoms with Gasteiger partial charge in [-0.15, -0.1) is 10.2 Å². The average Bonchev–Trinajstić information content (AvgIpc) is 3.03. The summed E-state index contributed by atoms with van der Waals surface area (Å²) in [5.41, 5.74) is -1.74. The minimum atomic E-state index is -4.72. The van der Waals surface area contributed by atoms with Gasteiger partial charge in [-0.25, -0.2) is 8.42 Å². The molecule has 0 aliphatic heterocycles. The van der Waals surface area contributed by atoms with Crippen LogP contribution in [0.25, 0.3) is 0 Å². The van der Waals surface area contributed by atoms with Gasteiger partial charge in [0.15, 0.2) is 0 Å². The summed E-state index contributed by atoms with van der Waals surface area (Å²) >= 11 is 0.528. The van der Waals surface area contributed by atoms with Gasteiger partial charge in [0.2, 0.25) is 19.3 Å². The summed E-state index contributed by atoms with van der Waals surface area (Å²) in [6.07, 6.45) is -4.56. The number of unbranched alkanes of at least 4 members (excludes halogenated alkanes) is 1. The zero-order valence-electron chi connectivity index (χ0n) is 12.9. The van der Waals surface area contributed by atoms with Gasteiger partial charge in [-0.2, -0.15) is 18.4 Å². The Labute approximate surface area is 150 Å². The number of nitrogens with zero attached hydrogens (tertiary/aromatic N) is 3. The van der Waals surface area contributed by atoms with Crippen LogP contribution in [0.2, 0.25) is 0 Å². The van der Waals surface area contributed by atoms with Crippen LogP contribution in [-0.4, -0.2) is 30.3 Å². The van der Waals surface area contributed by atoms with Crippen LogP contribution in [0.15, 0.2) is 28.6 Å². The first-order valence-electron chi connectivity index (χ1n) is 7.06. The fraction of sp³-hybridized carbons (Fsp3) is 0.286. The number of hydrogen-bond acceptors (Lipinski definition) is 7. The Morgan fingerprint density at radius 1 is 1.27 bits per heavy atom. The van der Waals surface area contributed by atoms with Crippen LogP contribution in [0.1, 0.15) is 28.8 Å². The predicted molar refractivity (Wildman–Crippen MR) is 86.2 cm³/mol. The number of carbonyl (C=O) groups is 1.